The zero-order valence-electron chi connectivity index (χ0n) is 14.9. The number of pyridine rings is 1. The van der Waals surface area contributed by atoms with Gasteiger partial charge in [0.15, 0.2) is 0 Å². The van der Waals surface area contributed by atoms with E-state index in [0.29, 0.717) is 44.7 Å². The first-order valence-electron chi connectivity index (χ1n) is 8.89. The van der Waals surface area contributed by atoms with E-state index in [9.17, 15) is 9.59 Å². The van der Waals surface area contributed by atoms with E-state index in [0.717, 1.165) is 24.1 Å². The lowest BCUT2D eigenvalue weighted by molar-refractivity contribution is -0.143. The molecule has 25 heavy (non-hydrogen) atoms. The molecule has 6 nitrogen and oxygen atoms in total. The average Bonchev–Trinajstić information content (AvgIpc) is 2.61. The van der Waals surface area contributed by atoms with Crippen LogP contribution in [0.4, 0.5) is 5.82 Å². The molecule has 2 N–H and O–H groups in total. The second kappa shape index (κ2) is 9.32. The molecule has 0 saturated carbocycles. The molecule has 2 rings (SSSR count). The van der Waals surface area contributed by atoms with Gasteiger partial charge in [-0.1, -0.05) is 12.1 Å². The number of amides is 1. The van der Waals surface area contributed by atoms with Gasteiger partial charge in [-0.3, -0.25) is 14.5 Å². The van der Waals surface area contributed by atoms with E-state index in [4.69, 9.17) is 10.5 Å². The van der Waals surface area contributed by atoms with E-state index in [-0.39, 0.29) is 11.9 Å². The maximum absolute atomic E-state index is 12.6. The summed E-state index contributed by atoms with van der Waals surface area (Å²) in [6.07, 6.45) is 5.65. The van der Waals surface area contributed by atoms with Gasteiger partial charge in [0.25, 0.3) is 0 Å². The Bertz CT molecular complexity index is 630. The van der Waals surface area contributed by atoms with Gasteiger partial charge < -0.3 is 10.5 Å². The van der Waals surface area contributed by atoms with Crippen molar-refractivity contribution in [2.45, 2.75) is 51.5 Å². The van der Waals surface area contributed by atoms with Gasteiger partial charge >= 0.3 is 5.97 Å². The number of hydrogen-bond donors (Lipinski definition) is 1. The van der Waals surface area contributed by atoms with Gasteiger partial charge in [0, 0.05) is 18.7 Å². The monoisotopic (exact) mass is 345 g/mol. The number of anilines is 1. The Morgan fingerprint density at radius 1 is 1.48 bits per heavy atom. The van der Waals surface area contributed by atoms with Gasteiger partial charge in [-0.2, -0.15) is 0 Å². The highest BCUT2D eigenvalue weighted by atomic mass is 16.5. The fourth-order valence-corrected chi connectivity index (χ4v) is 2.96. The van der Waals surface area contributed by atoms with Crippen LogP contribution in [0.5, 0.6) is 0 Å². The van der Waals surface area contributed by atoms with Crippen LogP contribution in [-0.4, -0.2) is 36.1 Å². The first-order valence-corrected chi connectivity index (χ1v) is 8.89. The average molecular weight is 345 g/mol. The Morgan fingerprint density at radius 2 is 2.28 bits per heavy atom. The fourth-order valence-electron chi connectivity index (χ4n) is 2.96. The van der Waals surface area contributed by atoms with Gasteiger partial charge in [0.1, 0.15) is 5.82 Å². The van der Waals surface area contributed by atoms with E-state index >= 15 is 0 Å². The van der Waals surface area contributed by atoms with Crippen molar-refractivity contribution < 1.29 is 14.3 Å². The summed E-state index contributed by atoms with van der Waals surface area (Å²) in [6.45, 7) is 6.48. The molecule has 0 spiro atoms. The summed E-state index contributed by atoms with van der Waals surface area (Å²) >= 11 is 0. The molecule has 1 unspecified atom stereocenters. The first kappa shape index (κ1) is 19.1. The first-order chi connectivity index (χ1) is 12.1. The van der Waals surface area contributed by atoms with Gasteiger partial charge in [0.05, 0.1) is 12.6 Å². The van der Waals surface area contributed by atoms with Crippen molar-refractivity contribution in [2.75, 3.05) is 18.1 Å². The molecule has 1 aromatic heterocycles. The van der Waals surface area contributed by atoms with Crippen LogP contribution in [0.25, 0.3) is 0 Å². The number of esters is 1. The standard InChI is InChI=1S/C19H27N3O3/c1-3-7-16(20)19(24)22-13-6-8-14-11-12-15(21-18(14)22)9-5-10-17(23)25-4-2/h3,11-12,16H,1,4-10,13,20H2,2H3. The minimum absolute atomic E-state index is 0.114. The Morgan fingerprint density at radius 3 is 3.00 bits per heavy atom. The Balaban J connectivity index is 2.07. The highest BCUT2D eigenvalue weighted by molar-refractivity contribution is 5.97. The van der Waals surface area contributed by atoms with Gasteiger partial charge in [0.2, 0.25) is 5.91 Å². The van der Waals surface area contributed by atoms with Crippen molar-refractivity contribution in [2.24, 2.45) is 5.73 Å². The van der Waals surface area contributed by atoms with Crippen LogP contribution in [-0.2, 0) is 27.2 Å². The third-order valence-electron chi connectivity index (χ3n) is 4.22. The summed E-state index contributed by atoms with van der Waals surface area (Å²) < 4.78 is 4.93. The van der Waals surface area contributed by atoms with Crippen LogP contribution >= 0.6 is 0 Å². The lowest BCUT2D eigenvalue weighted by Crippen LogP contribution is -2.46. The van der Waals surface area contributed by atoms with Crippen molar-refractivity contribution in [3.63, 3.8) is 0 Å². The number of hydrogen-bond acceptors (Lipinski definition) is 5. The highest BCUT2D eigenvalue weighted by Gasteiger charge is 2.27. The second-order valence-electron chi connectivity index (χ2n) is 6.17. The molecule has 1 atom stereocenters. The second-order valence-corrected chi connectivity index (χ2v) is 6.17. The predicted molar refractivity (Wildman–Crippen MR) is 97.3 cm³/mol. The molecule has 0 aromatic carbocycles. The Kier molecular flexibility index (Phi) is 7.13. The highest BCUT2D eigenvalue weighted by Crippen LogP contribution is 2.26. The van der Waals surface area contributed by atoms with Crippen LogP contribution < -0.4 is 10.6 Å². The molecular weight excluding hydrogens is 318 g/mol. The summed E-state index contributed by atoms with van der Waals surface area (Å²) in [5.74, 6) is 0.411. The molecule has 0 fully saturated rings. The number of aryl methyl sites for hydroxylation is 2. The Hall–Kier alpha value is -2.21. The summed E-state index contributed by atoms with van der Waals surface area (Å²) in [7, 11) is 0. The number of nitrogens with zero attached hydrogens (tertiary/aromatic N) is 2. The molecule has 1 amide bonds. The van der Waals surface area contributed by atoms with Crippen molar-refractivity contribution in [1.82, 2.24) is 4.98 Å². The molecule has 2 heterocycles. The van der Waals surface area contributed by atoms with Gasteiger partial charge in [-0.25, -0.2) is 4.98 Å². The number of fused-ring (bicyclic) bond motifs is 1. The topological polar surface area (TPSA) is 85.5 Å². The summed E-state index contributed by atoms with van der Waals surface area (Å²) in [4.78, 5) is 30.4. The van der Waals surface area contributed by atoms with E-state index < -0.39 is 6.04 Å². The van der Waals surface area contributed by atoms with Crippen molar-refractivity contribution in [3.8, 4) is 0 Å². The Labute approximate surface area is 149 Å². The quantitative estimate of drug-likeness (QED) is 0.576. The largest absolute Gasteiger partial charge is 0.466 e. The zero-order valence-corrected chi connectivity index (χ0v) is 14.9. The van der Waals surface area contributed by atoms with Gasteiger partial charge in [-0.15, -0.1) is 6.58 Å². The summed E-state index contributed by atoms with van der Waals surface area (Å²) in [5.41, 5.74) is 7.90. The minimum atomic E-state index is -0.585. The van der Waals surface area contributed by atoms with Crippen LogP contribution in [0.3, 0.4) is 0 Å². The lowest BCUT2D eigenvalue weighted by Gasteiger charge is -2.30. The molecule has 1 aromatic rings. The summed E-state index contributed by atoms with van der Waals surface area (Å²) in [6, 6.07) is 3.42. The number of rotatable bonds is 8. The maximum atomic E-state index is 12.6. The molecule has 136 valence electrons. The van der Waals surface area contributed by atoms with Crippen LogP contribution in [0.15, 0.2) is 24.8 Å². The zero-order chi connectivity index (χ0) is 18.2. The van der Waals surface area contributed by atoms with E-state index in [1.54, 1.807) is 17.9 Å². The molecular formula is C19H27N3O3. The maximum Gasteiger partial charge on any atom is 0.305 e. The lowest BCUT2D eigenvalue weighted by atomic mass is 10.0. The van der Waals surface area contributed by atoms with Crippen molar-refractivity contribution >= 4 is 17.7 Å². The number of carbonyl (C=O) groups is 2. The molecule has 0 radical (unpaired) electrons. The number of ether oxygens (including phenoxy) is 1. The smallest absolute Gasteiger partial charge is 0.305 e. The van der Waals surface area contributed by atoms with Crippen molar-refractivity contribution in [1.29, 1.82) is 0 Å². The molecule has 6 heteroatoms. The van der Waals surface area contributed by atoms with Crippen molar-refractivity contribution in [3.05, 3.63) is 36.0 Å². The molecule has 1 aliphatic rings. The number of carbonyl (C=O) groups excluding carboxylic acids is 2. The fraction of sp³-hybridized carbons (Fsp3) is 0.526. The number of nitrogens with two attached hydrogens (primary N) is 1. The van der Waals surface area contributed by atoms with Crippen LogP contribution in [0, 0.1) is 0 Å². The van der Waals surface area contributed by atoms with E-state index in [2.05, 4.69) is 11.6 Å². The van der Waals surface area contributed by atoms with Gasteiger partial charge in [-0.05, 0) is 50.7 Å². The van der Waals surface area contributed by atoms with E-state index in [1.165, 1.54) is 0 Å². The molecule has 0 aliphatic carbocycles. The predicted octanol–water partition coefficient (Wildman–Crippen LogP) is 2.15. The third kappa shape index (κ3) is 5.13. The normalized spacial score (nSPS) is 14.6. The molecule has 0 saturated heterocycles. The van der Waals surface area contributed by atoms with Crippen LogP contribution in [0.2, 0.25) is 0 Å². The minimum Gasteiger partial charge on any atom is -0.466 e. The van der Waals surface area contributed by atoms with Crippen LogP contribution in [0.1, 0.15) is 43.9 Å². The molecule has 0 bridgehead atoms. The molecule has 1 aliphatic heterocycles. The third-order valence-corrected chi connectivity index (χ3v) is 4.22. The SMILES string of the molecule is C=CCC(N)C(=O)N1CCCc2ccc(CCCC(=O)OCC)nc21. The number of aromatic nitrogens is 1. The summed E-state index contributed by atoms with van der Waals surface area (Å²) in [5, 5.41) is 0. The van der Waals surface area contributed by atoms with E-state index in [1.807, 2.05) is 12.1 Å².